The molecule has 0 aliphatic rings. The zero-order valence-electron chi connectivity index (χ0n) is 9.87. The van der Waals surface area contributed by atoms with E-state index in [-0.39, 0.29) is 5.97 Å². The zero-order valence-corrected chi connectivity index (χ0v) is 9.87. The van der Waals surface area contributed by atoms with Crippen LogP contribution in [0.5, 0.6) is 0 Å². The molecule has 0 N–H and O–H groups in total. The van der Waals surface area contributed by atoms with Crippen LogP contribution in [0.4, 0.5) is 0 Å². The molecule has 0 atom stereocenters. The number of carbonyl (C=O) groups is 1. The predicted molar refractivity (Wildman–Crippen MR) is 63.7 cm³/mol. The van der Waals surface area contributed by atoms with Crippen LogP contribution in [0.2, 0.25) is 0 Å². The lowest BCUT2D eigenvalue weighted by molar-refractivity contribution is -0.137. The highest BCUT2D eigenvalue weighted by atomic mass is 16.5. The molecular weight excluding hydrogens is 188 g/mol. The van der Waals surface area contributed by atoms with Gasteiger partial charge in [-0.15, -0.1) is 0 Å². The second-order valence-corrected chi connectivity index (χ2v) is 3.35. The summed E-state index contributed by atoms with van der Waals surface area (Å²) in [5.74, 6) is -0.243. The maximum absolute atomic E-state index is 10.9. The summed E-state index contributed by atoms with van der Waals surface area (Å²) in [4.78, 5) is 10.9. The average Bonchev–Trinajstić information content (AvgIpc) is 2.22. The highest BCUT2D eigenvalue weighted by Crippen LogP contribution is 1.98. The second-order valence-electron chi connectivity index (χ2n) is 3.35. The van der Waals surface area contributed by atoms with Gasteiger partial charge in [-0.1, -0.05) is 38.0 Å². The molecule has 0 heterocycles. The van der Waals surface area contributed by atoms with Gasteiger partial charge in [0.05, 0.1) is 6.61 Å². The van der Waals surface area contributed by atoms with Crippen LogP contribution in [0.15, 0.2) is 24.3 Å². The standard InChI is InChI=1S/C13H22O2/c1-3-5-6-7-8-9-10-11-12-13(14)15-4-2/h7-8,11-12H,3-6,9-10H2,1-2H3/b8-7+,12-11+. The van der Waals surface area contributed by atoms with Crippen molar-refractivity contribution in [3.63, 3.8) is 0 Å². The van der Waals surface area contributed by atoms with Crippen LogP contribution in [-0.4, -0.2) is 12.6 Å². The van der Waals surface area contributed by atoms with Crippen molar-refractivity contribution in [3.8, 4) is 0 Å². The Bertz CT molecular complexity index is 205. The Morgan fingerprint density at radius 2 is 1.73 bits per heavy atom. The first kappa shape index (κ1) is 13.9. The first-order valence-corrected chi connectivity index (χ1v) is 5.79. The number of carbonyl (C=O) groups excluding carboxylic acids is 1. The van der Waals surface area contributed by atoms with Gasteiger partial charge in [0, 0.05) is 6.08 Å². The van der Waals surface area contributed by atoms with E-state index in [0.717, 1.165) is 19.3 Å². The lowest BCUT2D eigenvalue weighted by Gasteiger charge is -1.93. The van der Waals surface area contributed by atoms with E-state index in [9.17, 15) is 4.79 Å². The van der Waals surface area contributed by atoms with Gasteiger partial charge in [-0.3, -0.25) is 0 Å². The molecule has 0 unspecified atom stereocenters. The number of allylic oxidation sites excluding steroid dienone is 3. The molecule has 0 amide bonds. The van der Waals surface area contributed by atoms with Crippen molar-refractivity contribution in [2.45, 2.75) is 46.0 Å². The van der Waals surface area contributed by atoms with Gasteiger partial charge in [0.25, 0.3) is 0 Å². The maximum Gasteiger partial charge on any atom is 0.330 e. The Morgan fingerprint density at radius 3 is 2.40 bits per heavy atom. The topological polar surface area (TPSA) is 26.3 Å². The minimum absolute atomic E-state index is 0.243. The number of unbranched alkanes of at least 4 members (excludes halogenated alkanes) is 3. The molecule has 0 aliphatic carbocycles. The number of rotatable bonds is 8. The van der Waals surface area contributed by atoms with E-state index in [0.29, 0.717) is 6.61 Å². The van der Waals surface area contributed by atoms with Gasteiger partial charge in [0.2, 0.25) is 0 Å². The van der Waals surface area contributed by atoms with Gasteiger partial charge < -0.3 is 4.74 Å². The molecule has 15 heavy (non-hydrogen) atoms. The monoisotopic (exact) mass is 210 g/mol. The quantitative estimate of drug-likeness (QED) is 0.265. The fraction of sp³-hybridized carbons (Fsp3) is 0.615. The third-order valence-corrected chi connectivity index (χ3v) is 1.93. The third-order valence-electron chi connectivity index (χ3n) is 1.93. The SMILES string of the molecule is CCCC/C=C/CC/C=C/C(=O)OCC. The predicted octanol–water partition coefficient (Wildman–Crippen LogP) is 3.63. The first-order chi connectivity index (χ1) is 7.31. The molecule has 2 heteroatoms. The van der Waals surface area contributed by atoms with Crippen molar-refractivity contribution >= 4 is 5.97 Å². The van der Waals surface area contributed by atoms with Crippen molar-refractivity contribution in [1.29, 1.82) is 0 Å². The summed E-state index contributed by atoms with van der Waals surface area (Å²) in [7, 11) is 0. The molecule has 0 rings (SSSR count). The molecule has 0 aromatic heterocycles. The van der Waals surface area contributed by atoms with Crippen LogP contribution < -0.4 is 0 Å². The van der Waals surface area contributed by atoms with Gasteiger partial charge in [0.15, 0.2) is 0 Å². The van der Waals surface area contributed by atoms with Crippen LogP contribution in [0.25, 0.3) is 0 Å². The summed E-state index contributed by atoms with van der Waals surface area (Å²) >= 11 is 0. The largest absolute Gasteiger partial charge is 0.463 e. The number of hydrogen-bond donors (Lipinski definition) is 0. The molecular formula is C13H22O2. The van der Waals surface area contributed by atoms with E-state index in [1.165, 1.54) is 18.9 Å². The van der Waals surface area contributed by atoms with Crippen molar-refractivity contribution in [2.24, 2.45) is 0 Å². The smallest absolute Gasteiger partial charge is 0.330 e. The van der Waals surface area contributed by atoms with E-state index in [1.807, 2.05) is 13.0 Å². The molecule has 0 aromatic carbocycles. The van der Waals surface area contributed by atoms with Crippen LogP contribution in [-0.2, 0) is 9.53 Å². The minimum Gasteiger partial charge on any atom is -0.463 e. The summed E-state index contributed by atoms with van der Waals surface area (Å²) in [6.45, 7) is 4.44. The lowest BCUT2D eigenvalue weighted by atomic mass is 10.2. The van der Waals surface area contributed by atoms with Gasteiger partial charge >= 0.3 is 5.97 Å². The summed E-state index contributed by atoms with van der Waals surface area (Å²) in [6.07, 6.45) is 13.3. The van der Waals surface area contributed by atoms with Crippen LogP contribution >= 0.6 is 0 Å². The maximum atomic E-state index is 10.9. The Morgan fingerprint density at radius 1 is 1.07 bits per heavy atom. The van der Waals surface area contributed by atoms with E-state index in [4.69, 9.17) is 4.74 Å². The van der Waals surface area contributed by atoms with Gasteiger partial charge in [-0.25, -0.2) is 4.79 Å². The highest BCUT2D eigenvalue weighted by molar-refractivity contribution is 5.81. The molecule has 86 valence electrons. The van der Waals surface area contributed by atoms with Crippen LogP contribution in [0.3, 0.4) is 0 Å². The molecule has 0 aromatic rings. The summed E-state index contributed by atoms with van der Waals surface area (Å²) in [5, 5.41) is 0. The van der Waals surface area contributed by atoms with Crippen molar-refractivity contribution in [2.75, 3.05) is 6.61 Å². The van der Waals surface area contributed by atoms with Gasteiger partial charge in [-0.05, 0) is 26.2 Å². The minimum atomic E-state index is -0.243. The average molecular weight is 210 g/mol. The summed E-state index contributed by atoms with van der Waals surface area (Å²) in [6, 6.07) is 0. The Kier molecular flexibility index (Phi) is 10.3. The summed E-state index contributed by atoms with van der Waals surface area (Å²) < 4.78 is 4.76. The lowest BCUT2D eigenvalue weighted by Crippen LogP contribution is -1.98. The number of esters is 1. The van der Waals surface area contributed by atoms with Crippen molar-refractivity contribution in [1.82, 2.24) is 0 Å². The molecule has 0 saturated carbocycles. The number of hydrogen-bond acceptors (Lipinski definition) is 2. The van der Waals surface area contributed by atoms with Crippen LogP contribution in [0.1, 0.15) is 46.0 Å². The Balaban J connectivity index is 3.37. The molecule has 0 fully saturated rings. The van der Waals surface area contributed by atoms with E-state index >= 15 is 0 Å². The van der Waals surface area contributed by atoms with Gasteiger partial charge in [-0.2, -0.15) is 0 Å². The number of ether oxygens (including phenoxy) is 1. The Hall–Kier alpha value is -1.05. The zero-order chi connectivity index (χ0) is 11.4. The van der Waals surface area contributed by atoms with E-state index in [2.05, 4.69) is 19.1 Å². The highest BCUT2D eigenvalue weighted by Gasteiger charge is 1.90. The molecule has 2 nitrogen and oxygen atoms in total. The third kappa shape index (κ3) is 10.9. The summed E-state index contributed by atoms with van der Waals surface area (Å²) in [5.41, 5.74) is 0. The molecule has 0 radical (unpaired) electrons. The first-order valence-electron chi connectivity index (χ1n) is 5.79. The Labute approximate surface area is 93.0 Å². The van der Waals surface area contributed by atoms with Crippen LogP contribution in [0, 0.1) is 0 Å². The molecule has 0 aliphatic heterocycles. The molecule has 0 bridgehead atoms. The van der Waals surface area contributed by atoms with Gasteiger partial charge in [0.1, 0.15) is 0 Å². The normalized spacial score (nSPS) is 11.3. The van der Waals surface area contributed by atoms with Crippen molar-refractivity contribution in [3.05, 3.63) is 24.3 Å². The van der Waals surface area contributed by atoms with E-state index in [1.54, 1.807) is 0 Å². The molecule has 0 saturated heterocycles. The van der Waals surface area contributed by atoms with E-state index < -0.39 is 0 Å². The fourth-order valence-electron chi connectivity index (χ4n) is 1.12. The van der Waals surface area contributed by atoms with Crippen molar-refractivity contribution < 1.29 is 9.53 Å². The molecule has 0 spiro atoms. The second kappa shape index (κ2) is 11.0. The fourth-order valence-corrected chi connectivity index (χ4v) is 1.12.